The van der Waals surface area contributed by atoms with Gasteiger partial charge in [-0.1, -0.05) is 0 Å². The van der Waals surface area contributed by atoms with Gasteiger partial charge >= 0.3 is 0 Å². The van der Waals surface area contributed by atoms with Crippen molar-refractivity contribution in [3.8, 4) is 0 Å². The SMILES string of the molecule is O=C(CSc1ccc(F)c(F)c1)N1CCCNCC1. The largest absolute Gasteiger partial charge is 0.341 e. The summed E-state index contributed by atoms with van der Waals surface area (Å²) >= 11 is 1.23. The summed E-state index contributed by atoms with van der Waals surface area (Å²) in [6.07, 6.45) is 0.946. The molecule has 0 atom stereocenters. The van der Waals surface area contributed by atoms with Crippen LogP contribution in [0.1, 0.15) is 6.42 Å². The molecule has 0 saturated carbocycles. The van der Waals surface area contributed by atoms with Gasteiger partial charge in [0.2, 0.25) is 5.91 Å². The minimum atomic E-state index is -0.878. The van der Waals surface area contributed by atoms with Gasteiger partial charge in [-0.05, 0) is 31.2 Å². The summed E-state index contributed by atoms with van der Waals surface area (Å²) in [7, 11) is 0. The van der Waals surface area contributed by atoms with Crippen LogP contribution in [0.15, 0.2) is 23.1 Å². The molecule has 19 heavy (non-hydrogen) atoms. The van der Waals surface area contributed by atoms with E-state index in [0.717, 1.165) is 38.2 Å². The average Bonchev–Trinajstić information content (AvgIpc) is 2.69. The summed E-state index contributed by atoms with van der Waals surface area (Å²) in [6.45, 7) is 3.20. The van der Waals surface area contributed by atoms with Crippen molar-refractivity contribution in [1.29, 1.82) is 0 Å². The fraction of sp³-hybridized carbons (Fsp3) is 0.462. The van der Waals surface area contributed by atoms with Gasteiger partial charge in [0, 0.05) is 24.5 Å². The lowest BCUT2D eigenvalue weighted by atomic mass is 10.3. The molecule has 2 rings (SSSR count). The number of hydrogen-bond acceptors (Lipinski definition) is 3. The first-order chi connectivity index (χ1) is 9.16. The summed E-state index contributed by atoms with van der Waals surface area (Å²) in [5, 5.41) is 3.23. The van der Waals surface area contributed by atoms with Crippen LogP contribution in [0.2, 0.25) is 0 Å². The average molecular weight is 286 g/mol. The highest BCUT2D eigenvalue weighted by atomic mass is 32.2. The number of carbonyl (C=O) groups is 1. The summed E-state index contributed by atoms with van der Waals surface area (Å²) in [5.41, 5.74) is 0. The second-order valence-corrected chi connectivity index (χ2v) is 5.40. The molecular weight excluding hydrogens is 270 g/mol. The third kappa shape index (κ3) is 4.18. The highest BCUT2D eigenvalue weighted by Crippen LogP contribution is 2.20. The predicted octanol–water partition coefficient (Wildman–Crippen LogP) is 1.88. The van der Waals surface area contributed by atoms with Crippen molar-refractivity contribution < 1.29 is 13.6 Å². The molecule has 1 heterocycles. The smallest absolute Gasteiger partial charge is 0.232 e. The summed E-state index contributed by atoms with van der Waals surface area (Å²) in [5.74, 6) is -1.45. The van der Waals surface area contributed by atoms with Crippen molar-refractivity contribution in [2.45, 2.75) is 11.3 Å². The van der Waals surface area contributed by atoms with Gasteiger partial charge in [-0.25, -0.2) is 8.78 Å². The molecule has 1 saturated heterocycles. The zero-order valence-electron chi connectivity index (χ0n) is 10.5. The Hall–Kier alpha value is -1.14. The Morgan fingerprint density at radius 3 is 2.89 bits per heavy atom. The second kappa shape index (κ2) is 6.86. The highest BCUT2D eigenvalue weighted by Gasteiger charge is 2.15. The maximum Gasteiger partial charge on any atom is 0.232 e. The highest BCUT2D eigenvalue weighted by molar-refractivity contribution is 8.00. The van der Waals surface area contributed by atoms with Crippen molar-refractivity contribution in [3.05, 3.63) is 29.8 Å². The molecule has 1 N–H and O–H groups in total. The van der Waals surface area contributed by atoms with Crippen molar-refractivity contribution in [2.75, 3.05) is 31.9 Å². The maximum absolute atomic E-state index is 13.0. The van der Waals surface area contributed by atoms with Crippen LogP contribution in [0.4, 0.5) is 8.78 Å². The lowest BCUT2D eigenvalue weighted by Gasteiger charge is -2.19. The van der Waals surface area contributed by atoms with Gasteiger partial charge in [-0.2, -0.15) is 0 Å². The van der Waals surface area contributed by atoms with Crippen LogP contribution in [0.3, 0.4) is 0 Å². The van der Waals surface area contributed by atoms with Crippen LogP contribution in [-0.4, -0.2) is 42.7 Å². The standard InChI is InChI=1S/C13H16F2N2OS/c14-11-3-2-10(8-12(11)15)19-9-13(18)17-6-1-4-16-5-7-17/h2-3,8,16H,1,4-7,9H2. The zero-order valence-corrected chi connectivity index (χ0v) is 11.3. The Morgan fingerprint density at radius 1 is 1.26 bits per heavy atom. The van der Waals surface area contributed by atoms with E-state index in [9.17, 15) is 13.6 Å². The monoisotopic (exact) mass is 286 g/mol. The van der Waals surface area contributed by atoms with Crippen molar-refractivity contribution in [1.82, 2.24) is 10.2 Å². The topological polar surface area (TPSA) is 32.3 Å². The quantitative estimate of drug-likeness (QED) is 0.861. The van der Waals surface area contributed by atoms with Crippen molar-refractivity contribution in [3.63, 3.8) is 0 Å². The molecule has 1 aromatic rings. The van der Waals surface area contributed by atoms with Gasteiger partial charge in [-0.15, -0.1) is 11.8 Å². The van der Waals surface area contributed by atoms with E-state index in [-0.39, 0.29) is 11.7 Å². The molecule has 0 radical (unpaired) electrons. The minimum absolute atomic E-state index is 0.0402. The van der Waals surface area contributed by atoms with E-state index in [2.05, 4.69) is 5.32 Å². The van der Waals surface area contributed by atoms with Crippen LogP contribution in [0.25, 0.3) is 0 Å². The van der Waals surface area contributed by atoms with Gasteiger partial charge < -0.3 is 10.2 Å². The van der Waals surface area contributed by atoms with E-state index in [4.69, 9.17) is 0 Å². The van der Waals surface area contributed by atoms with Gasteiger partial charge in [0.25, 0.3) is 0 Å². The molecule has 0 aliphatic carbocycles. The molecule has 1 fully saturated rings. The lowest BCUT2D eigenvalue weighted by molar-refractivity contribution is -0.128. The van der Waals surface area contributed by atoms with Crippen LogP contribution in [-0.2, 0) is 4.79 Å². The molecule has 1 aliphatic rings. The molecule has 1 aliphatic heterocycles. The molecule has 0 bridgehead atoms. The van der Waals surface area contributed by atoms with E-state index in [1.54, 1.807) is 0 Å². The summed E-state index contributed by atoms with van der Waals surface area (Å²) in [6, 6.07) is 3.69. The number of amides is 1. The second-order valence-electron chi connectivity index (χ2n) is 4.35. The molecule has 104 valence electrons. The third-order valence-electron chi connectivity index (χ3n) is 2.95. The lowest BCUT2D eigenvalue weighted by Crippen LogP contribution is -2.35. The number of hydrogen-bond donors (Lipinski definition) is 1. The number of carbonyl (C=O) groups excluding carboxylic acids is 1. The van der Waals surface area contributed by atoms with E-state index in [0.29, 0.717) is 11.4 Å². The predicted molar refractivity (Wildman–Crippen MR) is 71.1 cm³/mol. The van der Waals surface area contributed by atoms with Crippen LogP contribution >= 0.6 is 11.8 Å². The van der Waals surface area contributed by atoms with Crippen molar-refractivity contribution in [2.24, 2.45) is 0 Å². The number of rotatable bonds is 3. The fourth-order valence-corrected chi connectivity index (χ4v) is 2.72. The molecular formula is C13H16F2N2OS. The number of nitrogens with zero attached hydrogens (tertiary/aromatic N) is 1. The van der Waals surface area contributed by atoms with Crippen LogP contribution < -0.4 is 5.32 Å². The Balaban J connectivity index is 1.86. The van der Waals surface area contributed by atoms with Crippen molar-refractivity contribution >= 4 is 17.7 Å². The summed E-state index contributed by atoms with van der Waals surface area (Å²) in [4.78, 5) is 14.4. The molecule has 0 aromatic heterocycles. The fourth-order valence-electron chi connectivity index (χ4n) is 1.90. The first-order valence-corrected chi connectivity index (χ1v) is 7.22. The number of nitrogens with one attached hydrogen (secondary N) is 1. The van der Waals surface area contributed by atoms with E-state index < -0.39 is 11.6 Å². The number of benzene rings is 1. The minimum Gasteiger partial charge on any atom is -0.341 e. The van der Waals surface area contributed by atoms with E-state index >= 15 is 0 Å². The first kappa shape index (κ1) is 14.3. The Bertz CT molecular complexity index is 448. The van der Waals surface area contributed by atoms with E-state index in [1.807, 2.05) is 4.90 Å². The zero-order chi connectivity index (χ0) is 13.7. The molecule has 3 nitrogen and oxygen atoms in total. The van der Waals surface area contributed by atoms with Crippen LogP contribution in [0.5, 0.6) is 0 Å². The molecule has 6 heteroatoms. The summed E-state index contributed by atoms with van der Waals surface area (Å²) < 4.78 is 25.8. The van der Waals surface area contributed by atoms with E-state index in [1.165, 1.54) is 17.8 Å². The molecule has 0 unspecified atom stereocenters. The first-order valence-electron chi connectivity index (χ1n) is 6.23. The number of thioether (sulfide) groups is 1. The van der Waals surface area contributed by atoms with Gasteiger partial charge in [-0.3, -0.25) is 4.79 Å². The molecule has 0 spiro atoms. The Labute approximate surface area is 115 Å². The Kier molecular flexibility index (Phi) is 5.15. The van der Waals surface area contributed by atoms with Gasteiger partial charge in [0.05, 0.1) is 5.75 Å². The van der Waals surface area contributed by atoms with Gasteiger partial charge in [0.1, 0.15) is 0 Å². The molecule has 1 amide bonds. The number of halogens is 2. The third-order valence-corrected chi connectivity index (χ3v) is 3.92. The van der Waals surface area contributed by atoms with Crippen LogP contribution in [0, 0.1) is 11.6 Å². The maximum atomic E-state index is 13.0. The molecule has 1 aromatic carbocycles. The van der Waals surface area contributed by atoms with Gasteiger partial charge in [0.15, 0.2) is 11.6 Å². The Morgan fingerprint density at radius 2 is 2.11 bits per heavy atom. The normalized spacial score (nSPS) is 16.2.